The van der Waals surface area contributed by atoms with E-state index in [2.05, 4.69) is 15.9 Å². The van der Waals surface area contributed by atoms with Crippen molar-refractivity contribution in [2.24, 2.45) is 0 Å². The van der Waals surface area contributed by atoms with Crippen LogP contribution in [0.15, 0.2) is 46.9 Å². The monoisotopic (exact) mass is 348 g/mol. The summed E-state index contributed by atoms with van der Waals surface area (Å²) in [5.74, 6) is -0.251. The highest BCUT2D eigenvalue weighted by Gasteiger charge is 2.17. The van der Waals surface area contributed by atoms with Gasteiger partial charge in [0, 0.05) is 16.0 Å². The van der Waals surface area contributed by atoms with Crippen LogP contribution in [-0.2, 0) is 4.74 Å². The summed E-state index contributed by atoms with van der Waals surface area (Å²) in [6.07, 6.45) is 0. The molecule has 3 nitrogen and oxygen atoms in total. The Kier molecular flexibility index (Phi) is 5.02. The Morgan fingerprint density at radius 2 is 1.95 bits per heavy atom. The highest BCUT2D eigenvalue weighted by Crippen LogP contribution is 2.35. The van der Waals surface area contributed by atoms with Crippen LogP contribution in [0.5, 0.6) is 5.75 Å². The zero-order valence-electron chi connectivity index (χ0n) is 12.0. The molecule has 0 saturated heterocycles. The smallest absolute Gasteiger partial charge is 0.338 e. The van der Waals surface area contributed by atoms with Gasteiger partial charge in [-0.05, 0) is 36.8 Å². The van der Waals surface area contributed by atoms with Crippen LogP contribution in [-0.4, -0.2) is 17.7 Å². The molecule has 0 radical (unpaired) electrons. The molecule has 0 amide bonds. The number of rotatable bonds is 4. The van der Waals surface area contributed by atoms with E-state index in [1.807, 2.05) is 31.2 Å². The lowest BCUT2D eigenvalue weighted by atomic mass is 9.91. The first-order valence-electron chi connectivity index (χ1n) is 6.79. The van der Waals surface area contributed by atoms with E-state index in [1.165, 1.54) is 6.07 Å². The van der Waals surface area contributed by atoms with Gasteiger partial charge in [-0.2, -0.15) is 0 Å². The van der Waals surface area contributed by atoms with Gasteiger partial charge in [-0.15, -0.1) is 0 Å². The lowest BCUT2D eigenvalue weighted by molar-refractivity contribution is 0.0526. The fourth-order valence-corrected chi connectivity index (χ4v) is 2.86. The Hall–Kier alpha value is -1.81. The molecule has 110 valence electrons. The van der Waals surface area contributed by atoms with E-state index in [-0.39, 0.29) is 17.6 Å². The molecule has 2 aromatic carbocycles. The van der Waals surface area contributed by atoms with Gasteiger partial charge in [0.1, 0.15) is 5.75 Å². The number of carbonyl (C=O) groups is 1. The van der Waals surface area contributed by atoms with Gasteiger partial charge in [0.25, 0.3) is 0 Å². The third-order valence-corrected chi connectivity index (χ3v) is 4.10. The second-order valence-corrected chi connectivity index (χ2v) is 5.59. The predicted molar refractivity (Wildman–Crippen MR) is 85.7 cm³/mol. The van der Waals surface area contributed by atoms with Crippen molar-refractivity contribution in [3.8, 4) is 5.75 Å². The first-order chi connectivity index (χ1) is 10.0. The zero-order valence-corrected chi connectivity index (χ0v) is 13.6. The van der Waals surface area contributed by atoms with Crippen LogP contribution in [0.2, 0.25) is 0 Å². The van der Waals surface area contributed by atoms with Crippen molar-refractivity contribution < 1.29 is 14.6 Å². The van der Waals surface area contributed by atoms with Gasteiger partial charge in [-0.1, -0.05) is 41.1 Å². The summed E-state index contributed by atoms with van der Waals surface area (Å²) < 4.78 is 5.97. The highest BCUT2D eigenvalue weighted by atomic mass is 79.9. The summed E-state index contributed by atoms with van der Waals surface area (Å²) in [6, 6.07) is 12.6. The van der Waals surface area contributed by atoms with Crippen LogP contribution in [0.1, 0.15) is 41.3 Å². The second-order valence-electron chi connectivity index (χ2n) is 4.74. The number of ether oxygens (including phenoxy) is 1. The molecule has 1 atom stereocenters. The van der Waals surface area contributed by atoms with Gasteiger partial charge in [-0.25, -0.2) is 4.79 Å². The third-order valence-electron chi connectivity index (χ3n) is 3.38. The van der Waals surface area contributed by atoms with Crippen molar-refractivity contribution in [3.63, 3.8) is 0 Å². The van der Waals surface area contributed by atoms with Crippen LogP contribution in [0.3, 0.4) is 0 Å². The maximum Gasteiger partial charge on any atom is 0.338 e. The third kappa shape index (κ3) is 3.45. The molecule has 21 heavy (non-hydrogen) atoms. The largest absolute Gasteiger partial charge is 0.508 e. The van der Waals surface area contributed by atoms with Gasteiger partial charge < -0.3 is 9.84 Å². The lowest BCUT2D eigenvalue weighted by Gasteiger charge is -2.16. The molecule has 2 rings (SSSR count). The first kappa shape index (κ1) is 15.6. The number of aromatic hydroxyl groups is 1. The Morgan fingerprint density at radius 3 is 2.62 bits per heavy atom. The maximum absolute atomic E-state index is 11.8. The average molecular weight is 349 g/mol. The van der Waals surface area contributed by atoms with E-state index in [9.17, 15) is 9.90 Å². The standard InChI is InChI=1S/C17H17BrO3/c1-3-21-17(20)12-8-9-16(19)14(10-12)11(2)13-6-4-5-7-15(13)18/h4-11,19H,3H2,1-2H3. The fraction of sp³-hybridized carbons (Fsp3) is 0.235. The SMILES string of the molecule is CCOC(=O)c1ccc(O)c(C(C)c2ccccc2Br)c1. The van der Waals surface area contributed by atoms with E-state index in [0.717, 1.165) is 10.0 Å². The molecule has 0 aliphatic rings. The van der Waals surface area contributed by atoms with Gasteiger partial charge >= 0.3 is 5.97 Å². The summed E-state index contributed by atoms with van der Waals surface area (Å²) in [6.45, 7) is 4.09. The quantitative estimate of drug-likeness (QED) is 0.828. The summed E-state index contributed by atoms with van der Waals surface area (Å²) >= 11 is 3.52. The van der Waals surface area contributed by atoms with Crippen molar-refractivity contribution in [1.82, 2.24) is 0 Å². The van der Waals surface area contributed by atoms with Crippen molar-refractivity contribution in [2.45, 2.75) is 19.8 Å². The summed E-state index contributed by atoms with van der Waals surface area (Å²) in [7, 11) is 0. The van der Waals surface area contributed by atoms with E-state index < -0.39 is 0 Å². The highest BCUT2D eigenvalue weighted by molar-refractivity contribution is 9.10. The molecule has 1 N–H and O–H groups in total. The van der Waals surface area contributed by atoms with E-state index in [4.69, 9.17) is 4.74 Å². The summed E-state index contributed by atoms with van der Waals surface area (Å²) in [4.78, 5) is 11.8. The van der Waals surface area contributed by atoms with Crippen molar-refractivity contribution in [3.05, 3.63) is 63.6 Å². The maximum atomic E-state index is 11.8. The van der Waals surface area contributed by atoms with Crippen LogP contribution in [0.25, 0.3) is 0 Å². The Bertz CT molecular complexity index is 652. The number of hydrogen-bond donors (Lipinski definition) is 1. The summed E-state index contributed by atoms with van der Waals surface area (Å²) in [5.41, 5.74) is 2.20. The number of carbonyl (C=O) groups excluding carboxylic acids is 1. The van der Waals surface area contributed by atoms with Crippen LogP contribution >= 0.6 is 15.9 Å². The summed E-state index contributed by atoms with van der Waals surface area (Å²) in [5, 5.41) is 10.1. The van der Waals surface area contributed by atoms with E-state index in [0.29, 0.717) is 17.7 Å². The lowest BCUT2D eigenvalue weighted by Crippen LogP contribution is -2.06. The minimum atomic E-state index is -0.377. The molecule has 0 spiro atoms. The molecule has 2 aromatic rings. The molecule has 0 aliphatic carbocycles. The van der Waals surface area contributed by atoms with Crippen LogP contribution in [0.4, 0.5) is 0 Å². The predicted octanol–water partition coefficient (Wildman–Crippen LogP) is 4.48. The Balaban J connectivity index is 2.41. The van der Waals surface area contributed by atoms with Crippen molar-refractivity contribution >= 4 is 21.9 Å². The minimum absolute atomic E-state index is 0.0463. The zero-order chi connectivity index (χ0) is 15.4. The number of phenolic OH excluding ortho intramolecular Hbond substituents is 1. The van der Waals surface area contributed by atoms with Gasteiger partial charge in [0.05, 0.1) is 12.2 Å². The molecule has 1 unspecified atom stereocenters. The second kappa shape index (κ2) is 6.76. The van der Waals surface area contributed by atoms with Crippen LogP contribution in [0, 0.1) is 0 Å². The van der Waals surface area contributed by atoms with Crippen molar-refractivity contribution in [1.29, 1.82) is 0 Å². The number of halogens is 1. The molecule has 0 aliphatic heterocycles. The van der Waals surface area contributed by atoms with E-state index in [1.54, 1.807) is 19.1 Å². The molecule has 0 heterocycles. The minimum Gasteiger partial charge on any atom is -0.508 e. The Labute approximate surface area is 132 Å². The number of esters is 1. The number of benzene rings is 2. The molecule has 0 fully saturated rings. The van der Waals surface area contributed by atoms with Crippen molar-refractivity contribution in [2.75, 3.05) is 6.61 Å². The van der Waals surface area contributed by atoms with Gasteiger partial charge in [0.15, 0.2) is 0 Å². The topological polar surface area (TPSA) is 46.5 Å². The molecule has 4 heteroatoms. The molecule has 0 aromatic heterocycles. The number of phenols is 1. The van der Waals surface area contributed by atoms with E-state index >= 15 is 0 Å². The van der Waals surface area contributed by atoms with Crippen LogP contribution < -0.4 is 0 Å². The first-order valence-corrected chi connectivity index (χ1v) is 7.58. The van der Waals surface area contributed by atoms with Gasteiger partial charge in [-0.3, -0.25) is 0 Å². The fourth-order valence-electron chi connectivity index (χ4n) is 2.24. The Morgan fingerprint density at radius 1 is 1.24 bits per heavy atom. The molecule has 0 bridgehead atoms. The average Bonchev–Trinajstić information content (AvgIpc) is 2.48. The van der Waals surface area contributed by atoms with Gasteiger partial charge in [0.2, 0.25) is 0 Å². The number of hydrogen-bond acceptors (Lipinski definition) is 3. The normalized spacial score (nSPS) is 12.0. The molecular weight excluding hydrogens is 332 g/mol. The molecule has 0 saturated carbocycles. The molecular formula is C17H17BrO3.